The number of fused-ring (bicyclic) bond motifs is 1. The number of para-hydroxylation sites is 2. The maximum Gasteiger partial charge on any atom is 0.305 e. The van der Waals surface area contributed by atoms with Gasteiger partial charge in [0, 0.05) is 6.54 Å². The SMILES string of the molecule is O=C(O)C[C@H]1COCCN1C(=O)c1cnc2ccccc2n1. The van der Waals surface area contributed by atoms with Crippen molar-refractivity contribution in [3.8, 4) is 0 Å². The molecule has 1 saturated heterocycles. The molecule has 2 heterocycles. The lowest BCUT2D eigenvalue weighted by atomic mass is 10.1. The van der Waals surface area contributed by atoms with E-state index in [4.69, 9.17) is 9.84 Å². The summed E-state index contributed by atoms with van der Waals surface area (Å²) in [5, 5.41) is 8.96. The van der Waals surface area contributed by atoms with Gasteiger partial charge in [0.05, 0.1) is 42.9 Å². The van der Waals surface area contributed by atoms with Gasteiger partial charge in [-0.05, 0) is 12.1 Å². The Hall–Kier alpha value is -2.54. The van der Waals surface area contributed by atoms with Crippen LogP contribution in [0.4, 0.5) is 0 Å². The van der Waals surface area contributed by atoms with E-state index in [0.717, 1.165) is 0 Å². The number of aliphatic carboxylic acids is 1. The molecular formula is C15H15N3O4. The first-order valence-corrected chi connectivity index (χ1v) is 6.97. The molecule has 1 atom stereocenters. The number of rotatable bonds is 3. The van der Waals surface area contributed by atoms with Gasteiger partial charge in [0.2, 0.25) is 0 Å². The van der Waals surface area contributed by atoms with Crippen LogP contribution in [-0.4, -0.2) is 57.7 Å². The number of benzene rings is 1. The average molecular weight is 301 g/mol. The maximum atomic E-state index is 12.6. The van der Waals surface area contributed by atoms with Crippen LogP contribution in [0.3, 0.4) is 0 Å². The quantitative estimate of drug-likeness (QED) is 0.907. The predicted molar refractivity (Wildman–Crippen MR) is 77.4 cm³/mol. The lowest BCUT2D eigenvalue weighted by Gasteiger charge is -2.34. The van der Waals surface area contributed by atoms with E-state index in [1.54, 1.807) is 6.07 Å². The Bertz CT molecular complexity index is 719. The van der Waals surface area contributed by atoms with Gasteiger partial charge in [-0.1, -0.05) is 12.1 Å². The molecule has 1 fully saturated rings. The average Bonchev–Trinajstić information content (AvgIpc) is 2.54. The molecule has 22 heavy (non-hydrogen) atoms. The molecule has 7 nitrogen and oxygen atoms in total. The van der Waals surface area contributed by atoms with Crippen LogP contribution in [0.25, 0.3) is 11.0 Å². The van der Waals surface area contributed by atoms with E-state index >= 15 is 0 Å². The van der Waals surface area contributed by atoms with Gasteiger partial charge in [0.15, 0.2) is 0 Å². The molecule has 1 aromatic carbocycles. The van der Waals surface area contributed by atoms with Gasteiger partial charge in [0.25, 0.3) is 5.91 Å². The molecule has 1 aliphatic rings. The fourth-order valence-corrected chi connectivity index (χ4v) is 2.50. The third-order valence-corrected chi connectivity index (χ3v) is 3.57. The molecule has 0 aliphatic carbocycles. The summed E-state index contributed by atoms with van der Waals surface area (Å²) in [5.41, 5.74) is 1.57. The van der Waals surface area contributed by atoms with Crippen molar-refractivity contribution < 1.29 is 19.4 Å². The molecule has 1 aromatic heterocycles. The number of carbonyl (C=O) groups excluding carboxylic acids is 1. The van der Waals surface area contributed by atoms with E-state index in [-0.39, 0.29) is 24.6 Å². The molecule has 1 N–H and O–H groups in total. The van der Waals surface area contributed by atoms with Crippen LogP contribution in [0.15, 0.2) is 30.5 Å². The maximum absolute atomic E-state index is 12.6. The van der Waals surface area contributed by atoms with Gasteiger partial charge in [-0.25, -0.2) is 4.98 Å². The summed E-state index contributed by atoms with van der Waals surface area (Å²) in [6.45, 7) is 0.965. The van der Waals surface area contributed by atoms with Crippen molar-refractivity contribution >= 4 is 22.9 Å². The molecule has 3 rings (SSSR count). The van der Waals surface area contributed by atoms with Crippen LogP contribution in [0.5, 0.6) is 0 Å². The summed E-state index contributed by atoms with van der Waals surface area (Å²) < 4.78 is 5.28. The van der Waals surface area contributed by atoms with Crippen molar-refractivity contribution in [2.45, 2.75) is 12.5 Å². The molecule has 114 valence electrons. The highest BCUT2D eigenvalue weighted by atomic mass is 16.5. The first kappa shape index (κ1) is 14.4. The Morgan fingerprint density at radius 3 is 2.86 bits per heavy atom. The van der Waals surface area contributed by atoms with Crippen LogP contribution in [0.1, 0.15) is 16.9 Å². The van der Waals surface area contributed by atoms with Gasteiger partial charge in [-0.3, -0.25) is 14.6 Å². The molecule has 0 saturated carbocycles. The Kier molecular flexibility index (Phi) is 3.97. The summed E-state index contributed by atoms with van der Waals surface area (Å²) in [4.78, 5) is 33.6. The molecule has 0 radical (unpaired) electrons. The molecule has 1 aliphatic heterocycles. The predicted octanol–water partition coefficient (Wildman–Crippen LogP) is 0.945. The summed E-state index contributed by atoms with van der Waals surface area (Å²) in [6.07, 6.45) is 1.28. The number of carboxylic acid groups (broad SMARTS) is 1. The second-order valence-electron chi connectivity index (χ2n) is 5.07. The molecule has 2 aromatic rings. The highest BCUT2D eigenvalue weighted by Gasteiger charge is 2.30. The molecule has 7 heteroatoms. The summed E-state index contributed by atoms with van der Waals surface area (Å²) in [6, 6.07) is 6.80. The van der Waals surface area contributed by atoms with Crippen LogP contribution in [0, 0.1) is 0 Å². The van der Waals surface area contributed by atoms with E-state index in [0.29, 0.717) is 24.2 Å². The first-order chi connectivity index (χ1) is 10.6. The number of carbonyl (C=O) groups is 2. The Balaban J connectivity index is 1.87. The van der Waals surface area contributed by atoms with Crippen LogP contribution in [0.2, 0.25) is 0 Å². The summed E-state index contributed by atoms with van der Waals surface area (Å²) in [7, 11) is 0. The van der Waals surface area contributed by atoms with Crippen molar-refractivity contribution in [2.75, 3.05) is 19.8 Å². The van der Waals surface area contributed by atoms with Gasteiger partial charge in [-0.2, -0.15) is 0 Å². The monoisotopic (exact) mass is 301 g/mol. The van der Waals surface area contributed by atoms with Crippen molar-refractivity contribution in [2.24, 2.45) is 0 Å². The lowest BCUT2D eigenvalue weighted by molar-refractivity contribution is -0.139. The second-order valence-corrected chi connectivity index (χ2v) is 5.07. The van der Waals surface area contributed by atoms with Gasteiger partial charge < -0.3 is 14.7 Å². The van der Waals surface area contributed by atoms with Gasteiger partial charge >= 0.3 is 5.97 Å². The standard InChI is InChI=1S/C15H15N3O4/c19-14(20)7-10-9-22-6-5-18(10)15(21)13-8-16-11-3-1-2-4-12(11)17-13/h1-4,8,10H,5-7,9H2,(H,19,20)/t10-/m0/s1. The first-order valence-electron chi connectivity index (χ1n) is 6.97. The second kappa shape index (κ2) is 6.07. The van der Waals surface area contributed by atoms with E-state index < -0.39 is 12.0 Å². The lowest BCUT2D eigenvalue weighted by Crippen LogP contribution is -2.49. The van der Waals surface area contributed by atoms with Crippen molar-refractivity contribution in [3.63, 3.8) is 0 Å². The van der Waals surface area contributed by atoms with E-state index in [1.807, 2.05) is 18.2 Å². The number of hydrogen-bond donors (Lipinski definition) is 1. The number of amides is 1. The normalized spacial score (nSPS) is 18.4. The number of aromatic nitrogens is 2. The van der Waals surface area contributed by atoms with Crippen LogP contribution >= 0.6 is 0 Å². The van der Waals surface area contributed by atoms with Crippen LogP contribution in [-0.2, 0) is 9.53 Å². The van der Waals surface area contributed by atoms with E-state index in [9.17, 15) is 9.59 Å². The highest BCUT2D eigenvalue weighted by Crippen LogP contribution is 2.16. The van der Waals surface area contributed by atoms with Gasteiger partial charge in [-0.15, -0.1) is 0 Å². The zero-order valence-electron chi connectivity index (χ0n) is 11.8. The molecule has 0 unspecified atom stereocenters. The Morgan fingerprint density at radius 1 is 1.32 bits per heavy atom. The largest absolute Gasteiger partial charge is 0.481 e. The minimum absolute atomic E-state index is 0.146. The zero-order chi connectivity index (χ0) is 15.5. The van der Waals surface area contributed by atoms with Gasteiger partial charge in [0.1, 0.15) is 5.69 Å². The van der Waals surface area contributed by atoms with E-state index in [2.05, 4.69) is 9.97 Å². The van der Waals surface area contributed by atoms with E-state index in [1.165, 1.54) is 11.1 Å². The Labute approximate surface area is 126 Å². The number of carboxylic acids is 1. The topological polar surface area (TPSA) is 92.6 Å². The summed E-state index contributed by atoms with van der Waals surface area (Å²) >= 11 is 0. The minimum Gasteiger partial charge on any atom is -0.481 e. The van der Waals surface area contributed by atoms with Crippen molar-refractivity contribution in [1.82, 2.24) is 14.9 Å². The van der Waals surface area contributed by atoms with Crippen molar-refractivity contribution in [3.05, 3.63) is 36.2 Å². The molecule has 1 amide bonds. The minimum atomic E-state index is -0.960. The highest BCUT2D eigenvalue weighted by molar-refractivity contribution is 5.94. The Morgan fingerprint density at radius 2 is 2.09 bits per heavy atom. The molecule has 0 spiro atoms. The smallest absolute Gasteiger partial charge is 0.305 e. The fraction of sp³-hybridized carbons (Fsp3) is 0.333. The third-order valence-electron chi connectivity index (χ3n) is 3.57. The number of nitrogens with zero attached hydrogens (tertiary/aromatic N) is 3. The number of morpholine rings is 1. The van der Waals surface area contributed by atoms with Crippen molar-refractivity contribution in [1.29, 1.82) is 0 Å². The third kappa shape index (κ3) is 2.89. The summed E-state index contributed by atoms with van der Waals surface area (Å²) in [5.74, 6) is -1.27. The van der Waals surface area contributed by atoms with Crippen LogP contribution < -0.4 is 0 Å². The molecular weight excluding hydrogens is 286 g/mol. The fourth-order valence-electron chi connectivity index (χ4n) is 2.50. The number of ether oxygens (including phenoxy) is 1. The number of hydrogen-bond acceptors (Lipinski definition) is 5. The zero-order valence-corrected chi connectivity index (χ0v) is 11.8. The molecule has 0 bridgehead atoms.